The van der Waals surface area contributed by atoms with E-state index in [9.17, 15) is 9.59 Å². The van der Waals surface area contributed by atoms with Crippen molar-refractivity contribution in [3.05, 3.63) is 132 Å². The van der Waals surface area contributed by atoms with E-state index in [2.05, 4.69) is 77.7 Å². The highest BCUT2D eigenvalue weighted by atomic mass is 35.5. The molecule has 46 heavy (non-hydrogen) atoms. The first-order chi connectivity index (χ1) is 22.1. The lowest BCUT2D eigenvalue weighted by atomic mass is 9.74. The van der Waals surface area contributed by atoms with Crippen LogP contribution in [0.25, 0.3) is 17.2 Å². The summed E-state index contributed by atoms with van der Waals surface area (Å²) in [4.78, 5) is 33.4. The van der Waals surface area contributed by atoms with Crippen LogP contribution >= 0.6 is 12.4 Å². The number of carbonyl (C=O) groups excluding carboxylic acids is 2. The molecule has 4 aromatic carbocycles. The van der Waals surface area contributed by atoms with Crippen molar-refractivity contribution < 1.29 is 9.59 Å². The van der Waals surface area contributed by atoms with Crippen LogP contribution in [0.5, 0.6) is 0 Å². The number of hydrogen-bond acceptors (Lipinski definition) is 3. The van der Waals surface area contributed by atoms with Crippen molar-refractivity contribution in [2.75, 3.05) is 37.6 Å². The number of rotatable bonds is 9. The van der Waals surface area contributed by atoms with E-state index in [1.165, 1.54) is 16.7 Å². The lowest BCUT2D eigenvalue weighted by Gasteiger charge is -2.39. The standard InChI is InChI=1S/C40H41N3O2.ClH/c44-38-28-35(30-42(38)29-31-16-18-33(19-17-31)32-10-3-1-4-11-32)39(45)43(36-13-5-2-6-14-36)25-9-24-41-26-22-40(23-27-41)21-20-34-12-7-8-15-37(34)40;/h1-8,10-21,35H,9,22-30H2;1H. The highest BCUT2D eigenvalue weighted by Crippen LogP contribution is 2.43. The van der Waals surface area contributed by atoms with E-state index in [1.54, 1.807) is 0 Å². The maximum Gasteiger partial charge on any atom is 0.232 e. The lowest BCUT2D eigenvalue weighted by molar-refractivity contribution is -0.128. The molecule has 0 aromatic heterocycles. The number of amides is 2. The van der Waals surface area contributed by atoms with Gasteiger partial charge in [0.2, 0.25) is 11.8 Å². The molecule has 7 rings (SSSR count). The molecule has 236 valence electrons. The number of hydrogen-bond donors (Lipinski definition) is 0. The normalized spacial score (nSPS) is 18.4. The molecule has 5 nitrogen and oxygen atoms in total. The minimum Gasteiger partial charge on any atom is -0.338 e. The van der Waals surface area contributed by atoms with Gasteiger partial charge < -0.3 is 14.7 Å². The van der Waals surface area contributed by atoms with Crippen molar-refractivity contribution in [2.45, 2.75) is 37.6 Å². The number of allylic oxidation sites excluding steroid dienone is 1. The largest absolute Gasteiger partial charge is 0.338 e. The lowest BCUT2D eigenvalue weighted by Crippen LogP contribution is -2.43. The third kappa shape index (κ3) is 6.67. The van der Waals surface area contributed by atoms with Crippen LogP contribution in [-0.4, -0.2) is 54.3 Å². The zero-order valence-corrected chi connectivity index (χ0v) is 27.1. The van der Waals surface area contributed by atoms with Gasteiger partial charge in [-0.25, -0.2) is 0 Å². The number of nitrogens with zero attached hydrogens (tertiary/aromatic N) is 3. The van der Waals surface area contributed by atoms with Crippen LogP contribution in [-0.2, 0) is 21.5 Å². The van der Waals surface area contributed by atoms with Crippen LogP contribution in [0.15, 0.2) is 115 Å². The quantitative estimate of drug-likeness (QED) is 0.191. The number of para-hydroxylation sites is 1. The topological polar surface area (TPSA) is 43.9 Å². The summed E-state index contributed by atoms with van der Waals surface area (Å²) in [7, 11) is 0. The Morgan fingerprint density at radius 3 is 2.20 bits per heavy atom. The van der Waals surface area contributed by atoms with Crippen molar-refractivity contribution in [1.82, 2.24) is 9.80 Å². The highest BCUT2D eigenvalue weighted by molar-refractivity contribution is 5.99. The molecule has 3 aliphatic rings. The number of benzene rings is 4. The third-order valence-electron chi connectivity index (χ3n) is 10.0. The summed E-state index contributed by atoms with van der Waals surface area (Å²) < 4.78 is 0. The van der Waals surface area contributed by atoms with Gasteiger partial charge in [-0.15, -0.1) is 12.4 Å². The van der Waals surface area contributed by atoms with Crippen LogP contribution in [0.1, 0.15) is 42.4 Å². The number of carbonyl (C=O) groups is 2. The van der Waals surface area contributed by atoms with E-state index in [1.807, 2.05) is 58.3 Å². The van der Waals surface area contributed by atoms with Crippen molar-refractivity contribution in [3.8, 4) is 11.1 Å². The molecule has 6 heteroatoms. The van der Waals surface area contributed by atoms with Crippen molar-refractivity contribution >= 4 is 36.0 Å². The first-order valence-electron chi connectivity index (χ1n) is 16.4. The zero-order chi connectivity index (χ0) is 30.6. The van der Waals surface area contributed by atoms with E-state index in [0.29, 0.717) is 19.6 Å². The van der Waals surface area contributed by atoms with Gasteiger partial charge >= 0.3 is 0 Å². The fourth-order valence-electron chi connectivity index (χ4n) is 7.44. The molecule has 0 radical (unpaired) electrons. The van der Waals surface area contributed by atoms with E-state index in [4.69, 9.17) is 0 Å². The van der Waals surface area contributed by atoms with Gasteiger partial charge in [0.15, 0.2) is 0 Å². The predicted octanol–water partition coefficient (Wildman–Crippen LogP) is 7.61. The molecule has 2 aliphatic heterocycles. The summed E-state index contributed by atoms with van der Waals surface area (Å²) in [5, 5.41) is 0. The molecule has 2 amide bonds. The van der Waals surface area contributed by atoms with E-state index in [-0.39, 0.29) is 42.0 Å². The molecule has 0 N–H and O–H groups in total. The van der Waals surface area contributed by atoms with Crippen molar-refractivity contribution in [1.29, 1.82) is 0 Å². The van der Waals surface area contributed by atoms with E-state index >= 15 is 0 Å². The van der Waals surface area contributed by atoms with Gasteiger partial charge in [-0.05, 0) is 78.8 Å². The second kappa shape index (κ2) is 14.1. The first-order valence-corrected chi connectivity index (χ1v) is 16.4. The summed E-state index contributed by atoms with van der Waals surface area (Å²) in [5.41, 5.74) is 7.36. The SMILES string of the molecule is Cl.O=C1CC(C(=O)N(CCCN2CCC3(C=Cc4ccccc43)CC2)c2ccccc2)CN1Cc1ccc(-c2ccccc2)cc1. The van der Waals surface area contributed by atoms with Crippen molar-refractivity contribution in [3.63, 3.8) is 0 Å². The Morgan fingerprint density at radius 1 is 0.804 bits per heavy atom. The molecule has 2 saturated heterocycles. The Morgan fingerprint density at radius 2 is 1.46 bits per heavy atom. The Hall–Kier alpha value is -4.19. The Bertz CT molecular complexity index is 1660. The maximum atomic E-state index is 14.0. The molecule has 4 aromatic rings. The summed E-state index contributed by atoms with van der Waals surface area (Å²) in [5.74, 6) is -0.217. The summed E-state index contributed by atoms with van der Waals surface area (Å²) >= 11 is 0. The monoisotopic (exact) mass is 631 g/mol. The van der Waals surface area contributed by atoms with Gasteiger partial charge in [-0.3, -0.25) is 9.59 Å². The number of likely N-dealkylation sites (tertiary alicyclic amines) is 2. The van der Waals surface area contributed by atoms with Gasteiger partial charge in [0.05, 0.1) is 5.92 Å². The van der Waals surface area contributed by atoms with Crippen LogP contribution in [0.4, 0.5) is 5.69 Å². The second-order valence-corrected chi connectivity index (χ2v) is 12.8. The molecule has 1 unspecified atom stereocenters. The number of fused-ring (bicyclic) bond motifs is 2. The Kier molecular flexibility index (Phi) is 9.72. The Balaban J connectivity index is 0.00000372. The predicted molar refractivity (Wildman–Crippen MR) is 189 cm³/mol. The molecule has 1 atom stereocenters. The van der Waals surface area contributed by atoms with Crippen molar-refractivity contribution in [2.24, 2.45) is 5.92 Å². The molecular formula is C40H42ClN3O2. The van der Waals surface area contributed by atoms with Gasteiger partial charge in [0, 0.05) is 37.2 Å². The minimum atomic E-state index is -0.328. The van der Waals surface area contributed by atoms with Gasteiger partial charge in [-0.1, -0.05) is 109 Å². The van der Waals surface area contributed by atoms with Crippen LogP contribution in [0.3, 0.4) is 0 Å². The van der Waals surface area contributed by atoms with Gasteiger partial charge in [-0.2, -0.15) is 0 Å². The van der Waals surface area contributed by atoms with Crippen LogP contribution in [0.2, 0.25) is 0 Å². The van der Waals surface area contributed by atoms with Gasteiger partial charge in [0.1, 0.15) is 0 Å². The average molecular weight is 632 g/mol. The first kappa shape index (κ1) is 31.8. The zero-order valence-electron chi connectivity index (χ0n) is 26.3. The number of anilines is 1. The summed E-state index contributed by atoms with van der Waals surface area (Å²) in [6.45, 7) is 4.74. The molecule has 0 saturated carbocycles. The fourth-order valence-corrected chi connectivity index (χ4v) is 7.44. The smallest absolute Gasteiger partial charge is 0.232 e. The summed E-state index contributed by atoms with van der Waals surface area (Å²) in [6.07, 6.45) is 8.17. The van der Waals surface area contributed by atoms with Gasteiger partial charge in [0.25, 0.3) is 0 Å². The Labute approximate surface area is 278 Å². The third-order valence-corrected chi connectivity index (χ3v) is 10.0. The molecule has 1 spiro atoms. The maximum absolute atomic E-state index is 14.0. The molecular weight excluding hydrogens is 590 g/mol. The average Bonchev–Trinajstić information content (AvgIpc) is 3.64. The highest BCUT2D eigenvalue weighted by Gasteiger charge is 2.39. The van der Waals surface area contributed by atoms with Crippen LogP contribution in [0, 0.1) is 5.92 Å². The van der Waals surface area contributed by atoms with E-state index < -0.39 is 0 Å². The molecule has 1 aliphatic carbocycles. The number of halogens is 1. The van der Waals surface area contributed by atoms with E-state index in [0.717, 1.165) is 55.7 Å². The molecule has 2 fully saturated rings. The van der Waals surface area contributed by atoms with Crippen LogP contribution < -0.4 is 4.90 Å². The molecule has 0 bridgehead atoms. The second-order valence-electron chi connectivity index (χ2n) is 12.8. The summed E-state index contributed by atoms with van der Waals surface area (Å²) in [6, 6.07) is 37.5. The fraction of sp³-hybridized carbons (Fsp3) is 0.300. The molecule has 2 heterocycles. The number of piperidine rings is 1. The minimum absolute atomic E-state index is 0.